The molecule has 2 saturated carbocycles. The summed E-state index contributed by atoms with van der Waals surface area (Å²) in [5, 5.41) is 3.08. The zero-order valence-corrected chi connectivity index (χ0v) is 16.3. The van der Waals surface area contributed by atoms with E-state index in [1.807, 2.05) is 12.1 Å². The van der Waals surface area contributed by atoms with Crippen molar-refractivity contribution in [2.45, 2.75) is 43.1 Å². The van der Waals surface area contributed by atoms with Crippen LogP contribution in [0.5, 0.6) is 0 Å². The Kier molecular flexibility index (Phi) is 4.89. The third kappa shape index (κ3) is 3.25. The van der Waals surface area contributed by atoms with Crippen molar-refractivity contribution in [3.05, 3.63) is 29.8 Å². The molecule has 1 aromatic carbocycles. The molecule has 2 bridgehead atoms. The third-order valence-electron chi connectivity index (χ3n) is 6.05. The molecular formula is C20H25NO2S2. The van der Waals surface area contributed by atoms with E-state index in [1.165, 1.54) is 30.8 Å². The largest absolute Gasteiger partial charge is 0.326 e. The molecule has 1 saturated heterocycles. The van der Waals surface area contributed by atoms with E-state index in [4.69, 9.17) is 0 Å². The lowest BCUT2D eigenvalue weighted by Crippen LogP contribution is -2.48. The molecule has 1 aliphatic heterocycles. The van der Waals surface area contributed by atoms with E-state index >= 15 is 0 Å². The van der Waals surface area contributed by atoms with Crippen molar-refractivity contribution in [1.82, 2.24) is 0 Å². The fraction of sp³-hybridized carbons (Fsp3) is 0.600. The summed E-state index contributed by atoms with van der Waals surface area (Å²) < 4.78 is 0.415. The number of carbonyl (C=O) groups is 2. The molecular weight excluding hydrogens is 350 g/mol. The lowest BCUT2D eigenvalue weighted by Gasteiger charge is -2.52. The SMILES string of the molecule is CC(=O)c1ccc(NC(=O)C2CC3CCCC(C2)C32SCCS2)cc1. The summed E-state index contributed by atoms with van der Waals surface area (Å²) >= 11 is 4.36. The van der Waals surface area contributed by atoms with Gasteiger partial charge in [0.05, 0.1) is 4.08 Å². The number of Topliss-reactive ketones (excluding diaryl/α,β-unsaturated/α-hetero) is 1. The van der Waals surface area contributed by atoms with E-state index in [2.05, 4.69) is 28.8 Å². The first-order valence-electron chi connectivity index (χ1n) is 9.28. The van der Waals surface area contributed by atoms with Crippen LogP contribution in [0.25, 0.3) is 0 Å². The third-order valence-corrected chi connectivity index (χ3v) is 10.1. The molecule has 2 aliphatic carbocycles. The molecule has 1 N–H and O–H groups in total. The number of ketones is 1. The number of nitrogens with one attached hydrogen (secondary N) is 1. The average molecular weight is 376 g/mol. The summed E-state index contributed by atoms with van der Waals surface area (Å²) in [5.41, 5.74) is 1.48. The maximum atomic E-state index is 12.8. The van der Waals surface area contributed by atoms with Gasteiger partial charge in [0.25, 0.3) is 0 Å². The average Bonchev–Trinajstić information content (AvgIpc) is 3.04. The molecule has 3 fully saturated rings. The summed E-state index contributed by atoms with van der Waals surface area (Å²) in [6.45, 7) is 1.56. The van der Waals surface area contributed by atoms with Gasteiger partial charge in [-0.1, -0.05) is 6.42 Å². The van der Waals surface area contributed by atoms with Gasteiger partial charge >= 0.3 is 0 Å². The first-order valence-corrected chi connectivity index (χ1v) is 11.3. The Labute approximate surface area is 158 Å². The van der Waals surface area contributed by atoms with Gasteiger partial charge in [0.15, 0.2) is 5.78 Å². The number of carbonyl (C=O) groups excluding carboxylic acids is 2. The second kappa shape index (κ2) is 6.99. The summed E-state index contributed by atoms with van der Waals surface area (Å²) in [4.78, 5) is 24.2. The van der Waals surface area contributed by atoms with Gasteiger partial charge in [0.2, 0.25) is 5.91 Å². The van der Waals surface area contributed by atoms with Crippen LogP contribution in [0.1, 0.15) is 49.4 Å². The fourth-order valence-electron chi connectivity index (χ4n) is 4.86. The zero-order valence-electron chi connectivity index (χ0n) is 14.6. The molecule has 2 atom stereocenters. The Morgan fingerprint density at radius 2 is 1.64 bits per heavy atom. The first kappa shape index (κ1) is 17.5. The fourth-order valence-corrected chi connectivity index (χ4v) is 8.79. The predicted molar refractivity (Wildman–Crippen MR) is 106 cm³/mol. The minimum atomic E-state index is 0.0508. The summed E-state index contributed by atoms with van der Waals surface area (Å²) in [7, 11) is 0. The zero-order chi connectivity index (χ0) is 17.4. The number of anilines is 1. The maximum Gasteiger partial charge on any atom is 0.227 e. The normalized spacial score (nSPS) is 30.2. The highest BCUT2D eigenvalue weighted by molar-refractivity contribution is 8.21. The smallest absolute Gasteiger partial charge is 0.227 e. The van der Waals surface area contributed by atoms with Crippen molar-refractivity contribution in [1.29, 1.82) is 0 Å². The standard InChI is InChI=1S/C20H25NO2S2/c1-13(22)14-5-7-18(8-6-14)21-19(23)15-11-16-3-2-4-17(12-15)20(16)24-9-10-25-20/h5-8,15-17H,2-4,9-12H2,1H3,(H,21,23). The van der Waals surface area contributed by atoms with Gasteiger partial charge in [-0.25, -0.2) is 0 Å². The lowest BCUT2D eigenvalue weighted by molar-refractivity contribution is -0.122. The quantitative estimate of drug-likeness (QED) is 0.769. The molecule has 0 aromatic heterocycles. The van der Waals surface area contributed by atoms with Crippen LogP contribution in [0.2, 0.25) is 0 Å². The van der Waals surface area contributed by atoms with E-state index in [-0.39, 0.29) is 17.6 Å². The van der Waals surface area contributed by atoms with Crippen LogP contribution < -0.4 is 5.32 Å². The van der Waals surface area contributed by atoms with Crippen LogP contribution in [0.3, 0.4) is 0 Å². The van der Waals surface area contributed by atoms with Crippen molar-refractivity contribution in [2.75, 3.05) is 16.8 Å². The van der Waals surface area contributed by atoms with Crippen molar-refractivity contribution >= 4 is 40.9 Å². The second-order valence-electron chi connectivity index (χ2n) is 7.53. The van der Waals surface area contributed by atoms with Crippen molar-refractivity contribution < 1.29 is 9.59 Å². The van der Waals surface area contributed by atoms with E-state index < -0.39 is 0 Å². The Balaban J connectivity index is 1.44. The van der Waals surface area contributed by atoms with Gasteiger partial charge < -0.3 is 5.32 Å². The molecule has 25 heavy (non-hydrogen) atoms. The van der Waals surface area contributed by atoms with Crippen molar-refractivity contribution in [3.63, 3.8) is 0 Å². The minimum absolute atomic E-state index is 0.0508. The van der Waals surface area contributed by atoms with Gasteiger partial charge in [-0.05, 0) is 68.7 Å². The van der Waals surface area contributed by atoms with Gasteiger partial charge in [0.1, 0.15) is 0 Å². The molecule has 5 heteroatoms. The van der Waals surface area contributed by atoms with E-state index in [0.29, 0.717) is 21.5 Å². The van der Waals surface area contributed by atoms with Crippen LogP contribution in [0.15, 0.2) is 24.3 Å². The van der Waals surface area contributed by atoms with Crippen molar-refractivity contribution in [3.8, 4) is 0 Å². The lowest BCUT2D eigenvalue weighted by atomic mass is 9.67. The number of amides is 1. The molecule has 1 spiro atoms. The summed E-state index contributed by atoms with van der Waals surface area (Å²) in [6.07, 6.45) is 5.97. The predicted octanol–water partition coefficient (Wildman–Crippen LogP) is 4.83. The second-order valence-corrected chi connectivity index (χ2v) is 10.5. The number of hydrogen-bond donors (Lipinski definition) is 1. The Bertz CT molecular complexity index is 651. The van der Waals surface area contributed by atoms with Crippen LogP contribution in [-0.2, 0) is 4.79 Å². The van der Waals surface area contributed by atoms with E-state index in [9.17, 15) is 9.59 Å². The molecule has 4 rings (SSSR count). The Hall–Kier alpha value is -0.940. The molecule has 3 nitrogen and oxygen atoms in total. The first-order chi connectivity index (χ1) is 12.1. The molecule has 2 unspecified atom stereocenters. The monoisotopic (exact) mass is 375 g/mol. The van der Waals surface area contributed by atoms with Gasteiger partial charge in [-0.15, -0.1) is 23.5 Å². The van der Waals surface area contributed by atoms with Crippen LogP contribution in [-0.4, -0.2) is 27.3 Å². The Morgan fingerprint density at radius 3 is 2.20 bits per heavy atom. The minimum Gasteiger partial charge on any atom is -0.326 e. The van der Waals surface area contributed by atoms with E-state index in [0.717, 1.165) is 18.5 Å². The topological polar surface area (TPSA) is 46.2 Å². The number of hydrogen-bond acceptors (Lipinski definition) is 4. The highest BCUT2D eigenvalue weighted by Gasteiger charge is 2.55. The molecule has 3 aliphatic rings. The van der Waals surface area contributed by atoms with Gasteiger partial charge in [-0.3, -0.25) is 9.59 Å². The molecule has 1 amide bonds. The van der Waals surface area contributed by atoms with E-state index in [1.54, 1.807) is 19.1 Å². The highest BCUT2D eigenvalue weighted by atomic mass is 32.2. The highest BCUT2D eigenvalue weighted by Crippen LogP contribution is 2.64. The maximum absolute atomic E-state index is 12.8. The summed E-state index contributed by atoms with van der Waals surface area (Å²) in [6, 6.07) is 7.24. The molecule has 1 heterocycles. The van der Waals surface area contributed by atoms with Crippen LogP contribution in [0, 0.1) is 17.8 Å². The number of rotatable bonds is 3. The summed E-state index contributed by atoms with van der Waals surface area (Å²) in [5.74, 6) is 4.27. The Morgan fingerprint density at radius 1 is 1.04 bits per heavy atom. The van der Waals surface area contributed by atoms with Crippen LogP contribution in [0.4, 0.5) is 5.69 Å². The number of thioether (sulfide) groups is 2. The molecule has 1 aromatic rings. The van der Waals surface area contributed by atoms with Gasteiger partial charge in [0, 0.05) is 28.7 Å². The number of benzene rings is 1. The molecule has 134 valence electrons. The van der Waals surface area contributed by atoms with Crippen molar-refractivity contribution in [2.24, 2.45) is 17.8 Å². The van der Waals surface area contributed by atoms with Crippen LogP contribution >= 0.6 is 23.5 Å². The van der Waals surface area contributed by atoms with Gasteiger partial charge in [-0.2, -0.15) is 0 Å². The molecule has 0 radical (unpaired) electrons.